The van der Waals surface area contributed by atoms with E-state index in [1.54, 1.807) is 38.1 Å². The number of carbonyl (C=O) groups excluding carboxylic acids is 1. The Bertz CT molecular complexity index is 580. The van der Waals surface area contributed by atoms with Crippen molar-refractivity contribution in [3.8, 4) is 0 Å². The molecular weight excluding hydrogens is 290 g/mol. The smallest absolute Gasteiger partial charge is 0.226 e. The first-order valence-corrected chi connectivity index (χ1v) is 8.33. The highest BCUT2D eigenvalue weighted by molar-refractivity contribution is 7.88. The van der Waals surface area contributed by atoms with E-state index in [2.05, 4.69) is 10.0 Å². The molecule has 0 bridgehead atoms. The van der Waals surface area contributed by atoms with Crippen molar-refractivity contribution < 1.29 is 13.2 Å². The fourth-order valence-corrected chi connectivity index (χ4v) is 3.07. The van der Waals surface area contributed by atoms with Crippen LogP contribution in [0.15, 0.2) is 24.3 Å². The maximum atomic E-state index is 12.0. The van der Waals surface area contributed by atoms with Gasteiger partial charge in [0.25, 0.3) is 0 Å². The summed E-state index contributed by atoms with van der Waals surface area (Å²) < 4.78 is 26.6. The van der Waals surface area contributed by atoms with E-state index in [0.29, 0.717) is 12.1 Å². The minimum atomic E-state index is -3.49. The molecule has 0 aliphatic carbocycles. The number of hydrogen-bond acceptors (Lipinski definition) is 4. The van der Waals surface area contributed by atoms with E-state index < -0.39 is 15.4 Å². The fraction of sp³-hybridized carbons (Fsp3) is 0.500. The molecule has 0 heterocycles. The molecule has 21 heavy (non-hydrogen) atoms. The molecule has 0 aliphatic rings. The van der Waals surface area contributed by atoms with Crippen LogP contribution in [0.25, 0.3) is 0 Å². The first kappa shape index (κ1) is 17.6. The molecule has 0 saturated carbocycles. The molecule has 0 fully saturated rings. The zero-order valence-electron chi connectivity index (χ0n) is 12.6. The van der Waals surface area contributed by atoms with Gasteiger partial charge >= 0.3 is 0 Å². The van der Waals surface area contributed by atoms with E-state index in [1.807, 2.05) is 0 Å². The van der Waals surface area contributed by atoms with Gasteiger partial charge in [0, 0.05) is 20.1 Å². The molecule has 7 heteroatoms. The summed E-state index contributed by atoms with van der Waals surface area (Å²) in [5, 5.41) is 2.52. The zero-order chi connectivity index (χ0) is 16.1. The Labute approximate surface area is 126 Å². The van der Waals surface area contributed by atoms with Gasteiger partial charge in [-0.2, -0.15) is 0 Å². The van der Waals surface area contributed by atoms with Crippen LogP contribution in [0.2, 0.25) is 0 Å². The van der Waals surface area contributed by atoms with Gasteiger partial charge in [-0.15, -0.1) is 0 Å². The van der Waals surface area contributed by atoms with Crippen molar-refractivity contribution in [1.82, 2.24) is 10.0 Å². The Morgan fingerprint density at radius 2 is 1.71 bits per heavy atom. The van der Waals surface area contributed by atoms with Gasteiger partial charge in [0.2, 0.25) is 15.9 Å². The van der Waals surface area contributed by atoms with Crippen LogP contribution in [-0.2, 0) is 27.1 Å². The summed E-state index contributed by atoms with van der Waals surface area (Å²) in [5.41, 5.74) is 6.32. The molecule has 118 valence electrons. The van der Waals surface area contributed by atoms with Crippen LogP contribution >= 0.6 is 0 Å². The molecule has 1 rings (SSSR count). The Kier molecular flexibility index (Phi) is 5.88. The van der Waals surface area contributed by atoms with Gasteiger partial charge in [-0.3, -0.25) is 4.79 Å². The number of nitrogens with two attached hydrogens (primary N) is 1. The molecule has 0 radical (unpaired) electrons. The summed E-state index contributed by atoms with van der Waals surface area (Å²) in [4.78, 5) is 11.6. The monoisotopic (exact) mass is 313 g/mol. The van der Waals surface area contributed by atoms with E-state index in [-0.39, 0.29) is 18.2 Å². The number of rotatable bonds is 7. The second kappa shape index (κ2) is 7.02. The molecule has 1 aromatic rings. The van der Waals surface area contributed by atoms with Gasteiger partial charge in [-0.1, -0.05) is 24.3 Å². The lowest BCUT2D eigenvalue weighted by molar-refractivity contribution is -0.128. The quantitative estimate of drug-likeness (QED) is 0.675. The Morgan fingerprint density at radius 1 is 1.19 bits per heavy atom. The average molecular weight is 313 g/mol. The summed E-state index contributed by atoms with van der Waals surface area (Å²) in [6.07, 6.45) is 0. The van der Waals surface area contributed by atoms with Crippen molar-refractivity contribution in [2.75, 3.05) is 13.6 Å². The van der Waals surface area contributed by atoms with Gasteiger partial charge in [0.15, 0.2) is 0 Å². The highest BCUT2D eigenvalue weighted by Crippen LogP contribution is 2.14. The summed E-state index contributed by atoms with van der Waals surface area (Å²) >= 11 is 0. The van der Waals surface area contributed by atoms with Crippen LogP contribution < -0.4 is 15.8 Å². The molecule has 0 saturated heterocycles. The van der Waals surface area contributed by atoms with E-state index >= 15 is 0 Å². The second-order valence-corrected chi connectivity index (χ2v) is 7.37. The topological polar surface area (TPSA) is 101 Å². The molecule has 4 N–H and O–H groups in total. The van der Waals surface area contributed by atoms with Crippen molar-refractivity contribution in [2.45, 2.75) is 26.1 Å². The van der Waals surface area contributed by atoms with Crippen LogP contribution in [0.1, 0.15) is 25.0 Å². The van der Waals surface area contributed by atoms with E-state index in [1.165, 1.54) is 7.05 Å². The van der Waals surface area contributed by atoms with E-state index in [4.69, 9.17) is 5.73 Å². The van der Waals surface area contributed by atoms with Gasteiger partial charge < -0.3 is 11.1 Å². The summed E-state index contributed by atoms with van der Waals surface area (Å²) in [7, 11) is -1.97. The van der Waals surface area contributed by atoms with Crippen molar-refractivity contribution in [3.05, 3.63) is 35.4 Å². The predicted molar refractivity (Wildman–Crippen MR) is 82.8 cm³/mol. The number of sulfonamides is 1. The van der Waals surface area contributed by atoms with E-state index in [0.717, 1.165) is 5.56 Å². The minimum absolute atomic E-state index is 0.0515. The Hall–Kier alpha value is -1.44. The highest BCUT2D eigenvalue weighted by atomic mass is 32.2. The number of carbonyl (C=O) groups is 1. The normalized spacial score (nSPS) is 12.2. The molecule has 0 unspecified atom stereocenters. The van der Waals surface area contributed by atoms with E-state index in [9.17, 15) is 13.2 Å². The predicted octanol–water partition coefficient (Wildman–Crippen LogP) is 0.337. The third kappa shape index (κ3) is 5.45. The van der Waals surface area contributed by atoms with Crippen LogP contribution in [0.5, 0.6) is 0 Å². The Balaban J connectivity index is 2.67. The third-order valence-corrected chi connectivity index (χ3v) is 4.49. The highest BCUT2D eigenvalue weighted by Gasteiger charge is 2.28. The third-order valence-electron chi connectivity index (χ3n) is 3.19. The molecule has 1 aromatic carbocycles. The van der Waals surface area contributed by atoms with Crippen molar-refractivity contribution in [1.29, 1.82) is 0 Å². The van der Waals surface area contributed by atoms with Crippen LogP contribution in [0.4, 0.5) is 0 Å². The molecule has 0 aliphatic heterocycles. The van der Waals surface area contributed by atoms with Crippen LogP contribution in [0.3, 0.4) is 0 Å². The summed E-state index contributed by atoms with van der Waals surface area (Å²) in [5.74, 6) is -0.334. The lowest BCUT2D eigenvalue weighted by atomic mass is 9.93. The number of hydrogen-bond donors (Lipinski definition) is 3. The molecule has 0 aromatic heterocycles. The SMILES string of the molecule is CNC(=O)C(C)(C)CNS(=O)(=O)Cc1ccc(CN)cc1. The van der Waals surface area contributed by atoms with Gasteiger partial charge in [0.1, 0.15) is 0 Å². The van der Waals surface area contributed by atoms with Gasteiger partial charge in [-0.05, 0) is 25.0 Å². The second-order valence-electron chi connectivity index (χ2n) is 5.56. The first-order chi connectivity index (χ1) is 9.70. The molecule has 1 amide bonds. The molecule has 0 spiro atoms. The first-order valence-electron chi connectivity index (χ1n) is 6.67. The number of nitrogens with one attached hydrogen (secondary N) is 2. The fourth-order valence-electron chi connectivity index (χ4n) is 1.75. The summed E-state index contributed by atoms with van der Waals surface area (Å²) in [6.45, 7) is 3.84. The van der Waals surface area contributed by atoms with Crippen molar-refractivity contribution in [2.24, 2.45) is 11.1 Å². The number of benzene rings is 1. The standard InChI is InChI=1S/C14H23N3O3S/c1-14(2,13(18)16-3)10-17-21(19,20)9-12-6-4-11(8-15)5-7-12/h4-7,17H,8-10,15H2,1-3H3,(H,16,18). The molecule has 0 atom stereocenters. The van der Waals surface area contributed by atoms with Crippen LogP contribution in [-0.4, -0.2) is 27.9 Å². The van der Waals surface area contributed by atoms with Crippen molar-refractivity contribution in [3.63, 3.8) is 0 Å². The summed E-state index contributed by atoms with van der Waals surface area (Å²) in [6, 6.07) is 7.09. The average Bonchev–Trinajstić information content (AvgIpc) is 2.45. The maximum Gasteiger partial charge on any atom is 0.226 e. The lowest BCUT2D eigenvalue weighted by Crippen LogP contribution is -2.43. The largest absolute Gasteiger partial charge is 0.359 e. The molecular formula is C14H23N3O3S. The number of amides is 1. The van der Waals surface area contributed by atoms with Crippen LogP contribution in [0, 0.1) is 5.41 Å². The molecule has 6 nitrogen and oxygen atoms in total. The van der Waals surface area contributed by atoms with Crippen molar-refractivity contribution >= 4 is 15.9 Å². The van der Waals surface area contributed by atoms with Gasteiger partial charge in [-0.25, -0.2) is 13.1 Å². The minimum Gasteiger partial charge on any atom is -0.359 e. The Morgan fingerprint density at radius 3 is 2.19 bits per heavy atom. The van der Waals surface area contributed by atoms with Gasteiger partial charge in [0.05, 0.1) is 11.2 Å². The lowest BCUT2D eigenvalue weighted by Gasteiger charge is -2.22. The maximum absolute atomic E-state index is 12.0. The zero-order valence-corrected chi connectivity index (χ0v) is 13.5.